The van der Waals surface area contributed by atoms with Crippen molar-refractivity contribution >= 4 is 0 Å². The van der Waals surface area contributed by atoms with E-state index in [1.165, 1.54) is 5.56 Å². The van der Waals surface area contributed by atoms with Crippen LogP contribution in [-0.4, -0.2) is 24.4 Å². The average Bonchev–Trinajstić information content (AvgIpc) is 2.26. The van der Waals surface area contributed by atoms with Gasteiger partial charge in [0.25, 0.3) is 0 Å². The maximum Gasteiger partial charge on any atom is 0.161 e. The number of fused-ring (bicyclic) bond motifs is 1. The average molecular weight is 208 g/mol. The van der Waals surface area contributed by atoms with Crippen LogP contribution >= 0.6 is 0 Å². The molecular weight excluding hydrogens is 192 g/mol. The molecule has 0 saturated heterocycles. The Morgan fingerprint density at radius 1 is 1.27 bits per heavy atom. The van der Waals surface area contributed by atoms with Gasteiger partial charge in [0, 0.05) is 0 Å². The molecule has 15 heavy (non-hydrogen) atoms. The van der Waals surface area contributed by atoms with Gasteiger partial charge in [-0.05, 0) is 37.5 Å². The first-order valence-corrected chi connectivity index (χ1v) is 5.32. The predicted octanol–water partition coefficient (Wildman–Crippen LogP) is 1.77. The number of rotatable bonds is 3. The first-order chi connectivity index (χ1) is 7.25. The third kappa shape index (κ3) is 2.63. The summed E-state index contributed by atoms with van der Waals surface area (Å²) in [6, 6.07) is 5.96. The zero-order valence-electron chi connectivity index (χ0n) is 8.90. The Bertz CT molecular complexity index is 334. The Labute approximate surface area is 89.6 Å². The summed E-state index contributed by atoms with van der Waals surface area (Å²) in [4.78, 5) is 0. The lowest BCUT2D eigenvalue weighted by Gasteiger charge is -2.19. The number of hydrogen-bond donors (Lipinski definition) is 1. The molecule has 2 rings (SSSR count). The lowest BCUT2D eigenvalue weighted by molar-refractivity contribution is 0.171. The Morgan fingerprint density at radius 3 is 2.73 bits per heavy atom. The van der Waals surface area contributed by atoms with Crippen LogP contribution in [-0.2, 0) is 6.42 Å². The van der Waals surface area contributed by atoms with Crippen LogP contribution in [0.1, 0.15) is 18.9 Å². The van der Waals surface area contributed by atoms with Crippen LogP contribution in [0.5, 0.6) is 11.5 Å². The van der Waals surface area contributed by atoms with Gasteiger partial charge >= 0.3 is 0 Å². The highest BCUT2D eigenvalue weighted by molar-refractivity contribution is 5.43. The summed E-state index contributed by atoms with van der Waals surface area (Å²) in [7, 11) is 0. The van der Waals surface area contributed by atoms with E-state index in [0.29, 0.717) is 13.2 Å². The quantitative estimate of drug-likeness (QED) is 0.822. The van der Waals surface area contributed by atoms with Crippen LogP contribution in [0.3, 0.4) is 0 Å². The van der Waals surface area contributed by atoms with Crippen molar-refractivity contribution < 1.29 is 14.6 Å². The third-order valence-electron chi connectivity index (χ3n) is 2.46. The maximum atomic E-state index is 9.20. The highest BCUT2D eigenvalue weighted by Crippen LogP contribution is 2.31. The highest BCUT2D eigenvalue weighted by atomic mass is 16.6. The number of aliphatic hydroxyl groups excluding tert-OH is 1. The van der Waals surface area contributed by atoms with Gasteiger partial charge in [0.2, 0.25) is 0 Å². The van der Waals surface area contributed by atoms with Gasteiger partial charge in [-0.2, -0.15) is 0 Å². The van der Waals surface area contributed by atoms with Gasteiger partial charge in [-0.25, -0.2) is 0 Å². The molecule has 0 radical (unpaired) electrons. The van der Waals surface area contributed by atoms with E-state index in [2.05, 4.69) is 0 Å². The lowest BCUT2D eigenvalue weighted by Crippen LogP contribution is -2.15. The first kappa shape index (κ1) is 10.3. The van der Waals surface area contributed by atoms with E-state index in [1.54, 1.807) is 6.92 Å². The second-order valence-corrected chi connectivity index (χ2v) is 3.87. The van der Waals surface area contributed by atoms with Gasteiger partial charge in [-0.15, -0.1) is 0 Å². The second kappa shape index (κ2) is 4.53. The third-order valence-corrected chi connectivity index (χ3v) is 2.46. The van der Waals surface area contributed by atoms with E-state index in [-0.39, 0.29) is 6.10 Å². The molecular formula is C12H16O3. The minimum absolute atomic E-state index is 0.252. The van der Waals surface area contributed by atoms with Gasteiger partial charge in [0.1, 0.15) is 13.2 Å². The first-order valence-electron chi connectivity index (χ1n) is 5.32. The van der Waals surface area contributed by atoms with Crippen LogP contribution in [0.4, 0.5) is 0 Å². The maximum absolute atomic E-state index is 9.20. The smallest absolute Gasteiger partial charge is 0.161 e. The largest absolute Gasteiger partial charge is 0.486 e. The lowest BCUT2D eigenvalue weighted by atomic mass is 10.1. The van der Waals surface area contributed by atoms with E-state index in [1.807, 2.05) is 18.2 Å². The molecule has 1 aliphatic rings. The number of aliphatic hydroxyl groups is 1. The number of ether oxygens (including phenoxy) is 2. The molecule has 1 atom stereocenters. The van der Waals surface area contributed by atoms with Crippen molar-refractivity contribution in [2.75, 3.05) is 13.2 Å². The molecule has 1 aromatic rings. The van der Waals surface area contributed by atoms with Crippen LogP contribution in [0.15, 0.2) is 18.2 Å². The zero-order valence-corrected chi connectivity index (χ0v) is 8.90. The topological polar surface area (TPSA) is 38.7 Å². The summed E-state index contributed by atoms with van der Waals surface area (Å²) in [6.45, 7) is 3.05. The molecule has 1 aromatic carbocycles. The standard InChI is InChI=1S/C12H16O3/c1-9(13)2-3-10-4-5-11-12(8-10)15-7-6-14-11/h4-5,8-9,13H,2-3,6-7H2,1H3/t9-/m1/s1. The van der Waals surface area contributed by atoms with Crippen LogP contribution in [0, 0.1) is 0 Å². The minimum Gasteiger partial charge on any atom is -0.486 e. The SMILES string of the molecule is C[C@@H](O)CCc1ccc2c(c1)OCCO2. The Hall–Kier alpha value is -1.22. The van der Waals surface area contributed by atoms with Gasteiger partial charge in [-0.3, -0.25) is 0 Å². The van der Waals surface area contributed by atoms with Crippen LogP contribution in [0.2, 0.25) is 0 Å². The molecule has 1 aliphatic heterocycles. The van der Waals surface area contributed by atoms with Crippen molar-refractivity contribution in [3.8, 4) is 11.5 Å². The molecule has 0 unspecified atom stereocenters. The van der Waals surface area contributed by atoms with E-state index < -0.39 is 0 Å². The Kier molecular flexibility index (Phi) is 3.11. The molecule has 1 N–H and O–H groups in total. The van der Waals surface area contributed by atoms with E-state index in [4.69, 9.17) is 9.47 Å². The molecule has 0 spiro atoms. The number of benzene rings is 1. The van der Waals surface area contributed by atoms with Gasteiger partial charge < -0.3 is 14.6 Å². The summed E-state index contributed by atoms with van der Waals surface area (Å²) < 4.78 is 10.9. The summed E-state index contributed by atoms with van der Waals surface area (Å²) >= 11 is 0. The molecule has 82 valence electrons. The fraction of sp³-hybridized carbons (Fsp3) is 0.500. The van der Waals surface area contributed by atoms with Gasteiger partial charge in [0.05, 0.1) is 6.10 Å². The Morgan fingerprint density at radius 2 is 2.00 bits per heavy atom. The molecule has 0 fully saturated rings. The van der Waals surface area contributed by atoms with Crippen LogP contribution in [0.25, 0.3) is 0 Å². The van der Waals surface area contributed by atoms with Crippen molar-refractivity contribution in [1.82, 2.24) is 0 Å². The fourth-order valence-corrected chi connectivity index (χ4v) is 1.62. The van der Waals surface area contributed by atoms with Crippen molar-refractivity contribution in [3.05, 3.63) is 23.8 Å². The molecule has 0 aliphatic carbocycles. The normalized spacial score (nSPS) is 16.1. The molecule has 0 aromatic heterocycles. The second-order valence-electron chi connectivity index (χ2n) is 3.87. The predicted molar refractivity (Wildman–Crippen MR) is 57.4 cm³/mol. The Balaban J connectivity index is 2.07. The van der Waals surface area contributed by atoms with E-state index in [9.17, 15) is 5.11 Å². The number of aryl methyl sites for hydroxylation is 1. The monoisotopic (exact) mass is 208 g/mol. The minimum atomic E-state index is -0.252. The number of hydrogen-bond acceptors (Lipinski definition) is 3. The van der Waals surface area contributed by atoms with Gasteiger partial charge in [0.15, 0.2) is 11.5 Å². The molecule has 3 heteroatoms. The van der Waals surface area contributed by atoms with Gasteiger partial charge in [-0.1, -0.05) is 6.07 Å². The summed E-state index contributed by atoms with van der Waals surface area (Å²) in [5, 5.41) is 9.20. The van der Waals surface area contributed by atoms with Crippen molar-refractivity contribution in [2.45, 2.75) is 25.9 Å². The summed E-state index contributed by atoms with van der Waals surface area (Å²) in [5.74, 6) is 1.64. The molecule has 0 amide bonds. The summed E-state index contributed by atoms with van der Waals surface area (Å²) in [6.07, 6.45) is 1.40. The van der Waals surface area contributed by atoms with E-state index >= 15 is 0 Å². The fourth-order valence-electron chi connectivity index (χ4n) is 1.62. The zero-order chi connectivity index (χ0) is 10.7. The molecule has 0 saturated carbocycles. The van der Waals surface area contributed by atoms with Crippen molar-refractivity contribution in [2.24, 2.45) is 0 Å². The summed E-state index contributed by atoms with van der Waals surface area (Å²) in [5.41, 5.74) is 1.18. The van der Waals surface area contributed by atoms with Crippen molar-refractivity contribution in [3.63, 3.8) is 0 Å². The van der Waals surface area contributed by atoms with Crippen LogP contribution < -0.4 is 9.47 Å². The van der Waals surface area contributed by atoms with Crippen molar-refractivity contribution in [1.29, 1.82) is 0 Å². The molecule has 1 heterocycles. The molecule has 0 bridgehead atoms. The molecule has 3 nitrogen and oxygen atoms in total. The van der Waals surface area contributed by atoms with E-state index in [0.717, 1.165) is 24.3 Å². The highest BCUT2D eigenvalue weighted by Gasteiger charge is 2.11.